The van der Waals surface area contributed by atoms with E-state index < -0.39 is 7.26 Å². The molecule has 1 aromatic carbocycles. The van der Waals surface area contributed by atoms with Crippen LogP contribution < -0.4 is 10.2 Å². The molecule has 2 heteroatoms. The molecule has 0 aliphatic carbocycles. The van der Waals surface area contributed by atoms with Gasteiger partial charge in [-0.2, -0.15) is 0 Å². The second kappa shape index (κ2) is 7.90. The van der Waals surface area contributed by atoms with E-state index in [0.29, 0.717) is 0 Å². The van der Waals surface area contributed by atoms with Crippen LogP contribution in [0.1, 0.15) is 40.0 Å². The Morgan fingerprint density at radius 2 is 1.21 bits per heavy atom. The Balaban J connectivity index is 3.07. The molecular formula is C17H31NP+. The van der Waals surface area contributed by atoms with Gasteiger partial charge in [0, 0.05) is 27.0 Å². The van der Waals surface area contributed by atoms with Crippen LogP contribution in [0.15, 0.2) is 24.3 Å². The molecule has 19 heavy (non-hydrogen) atoms. The molecule has 0 atom stereocenters. The Bertz CT molecular complexity index is 339. The fraction of sp³-hybridized carbons (Fsp3) is 0.647. The summed E-state index contributed by atoms with van der Waals surface area (Å²) in [4.78, 5) is 2.18. The molecule has 0 heterocycles. The van der Waals surface area contributed by atoms with Crippen LogP contribution in [0.5, 0.6) is 0 Å². The SMILES string of the molecule is CCC[P+](CCC)(CCC)c1ccc(N(C)C)cc1. The van der Waals surface area contributed by atoms with E-state index in [4.69, 9.17) is 0 Å². The maximum Gasteiger partial charge on any atom is 0.0940 e. The van der Waals surface area contributed by atoms with Gasteiger partial charge in [0.1, 0.15) is 0 Å². The summed E-state index contributed by atoms with van der Waals surface area (Å²) in [5.74, 6) is 0. The Kier molecular flexibility index (Phi) is 6.86. The first kappa shape index (κ1) is 16.5. The smallest absolute Gasteiger partial charge is 0.0940 e. The summed E-state index contributed by atoms with van der Waals surface area (Å²) in [6, 6.07) is 9.41. The van der Waals surface area contributed by atoms with Gasteiger partial charge in [0.25, 0.3) is 0 Å². The van der Waals surface area contributed by atoms with Crippen LogP contribution in [0.3, 0.4) is 0 Å². The number of rotatable bonds is 8. The molecule has 1 aromatic rings. The minimum atomic E-state index is -0.917. The van der Waals surface area contributed by atoms with E-state index in [0.717, 1.165) is 0 Å². The van der Waals surface area contributed by atoms with Gasteiger partial charge in [-0.1, -0.05) is 20.8 Å². The van der Waals surface area contributed by atoms with Gasteiger partial charge in [0.05, 0.1) is 23.8 Å². The van der Waals surface area contributed by atoms with E-state index in [1.165, 1.54) is 43.4 Å². The Hall–Kier alpha value is -0.550. The summed E-state index contributed by atoms with van der Waals surface area (Å²) in [6.45, 7) is 7.02. The summed E-state index contributed by atoms with van der Waals surface area (Å²) < 4.78 is 0. The van der Waals surface area contributed by atoms with Crippen molar-refractivity contribution in [3.8, 4) is 0 Å². The molecule has 0 spiro atoms. The lowest BCUT2D eigenvalue weighted by atomic mass is 10.3. The maximum absolute atomic E-state index is 2.41. The monoisotopic (exact) mass is 280 g/mol. The van der Waals surface area contributed by atoms with Crippen LogP contribution in [-0.2, 0) is 0 Å². The molecule has 1 nitrogen and oxygen atoms in total. The summed E-state index contributed by atoms with van der Waals surface area (Å²) >= 11 is 0. The minimum absolute atomic E-state index is 0.917. The lowest BCUT2D eigenvalue weighted by Crippen LogP contribution is -2.21. The standard InChI is InChI=1S/C17H31NP/c1-6-13-19(14-7-2,15-8-3)17-11-9-16(10-12-17)18(4)5/h9-12H,6-8,13-15H2,1-5H3/q+1. The Labute approximate surface area is 120 Å². The molecule has 0 saturated carbocycles. The fourth-order valence-corrected chi connectivity index (χ4v) is 7.87. The predicted molar refractivity (Wildman–Crippen MR) is 92.8 cm³/mol. The number of nitrogens with zero attached hydrogens (tertiary/aromatic N) is 1. The lowest BCUT2D eigenvalue weighted by Gasteiger charge is -2.27. The van der Waals surface area contributed by atoms with E-state index in [9.17, 15) is 0 Å². The molecule has 0 bridgehead atoms. The highest BCUT2D eigenvalue weighted by Crippen LogP contribution is 2.58. The third-order valence-corrected chi connectivity index (χ3v) is 9.17. The van der Waals surface area contributed by atoms with Crippen molar-refractivity contribution in [2.24, 2.45) is 0 Å². The molecule has 0 saturated heterocycles. The molecule has 0 aliphatic rings. The highest BCUT2D eigenvalue weighted by molar-refractivity contribution is 7.82. The van der Waals surface area contributed by atoms with Gasteiger partial charge in [-0.05, 0) is 43.5 Å². The molecule has 0 aliphatic heterocycles. The zero-order valence-corrected chi connectivity index (χ0v) is 14.3. The van der Waals surface area contributed by atoms with Crippen molar-refractivity contribution in [1.29, 1.82) is 0 Å². The largest absolute Gasteiger partial charge is 0.378 e. The molecule has 1 rings (SSSR count). The van der Waals surface area contributed by atoms with Gasteiger partial charge >= 0.3 is 0 Å². The second-order valence-corrected chi connectivity index (χ2v) is 9.88. The highest BCUT2D eigenvalue weighted by atomic mass is 31.2. The normalized spacial score (nSPS) is 11.6. The third-order valence-electron chi connectivity index (χ3n) is 3.87. The predicted octanol–water partition coefficient (Wildman–Crippen LogP) is 4.63. The van der Waals surface area contributed by atoms with Crippen molar-refractivity contribution < 1.29 is 0 Å². The van der Waals surface area contributed by atoms with Gasteiger partial charge in [-0.25, -0.2) is 0 Å². The molecule has 0 unspecified atom stereocenters. The van der Waals surface area contributed by atoms with Crippen LogP contribution in [0.2, 0.25) is 0 Å². The highest BCUT2D eigenvalue weighted by Gasteiger charge is 2.37. The average Bonchev–Trinajstić information content (AvgIpc) is 2.39. The van der Waals surface area contributed by atoms with Crippen LogP contribution in [0, 0.1) is 0 Å². The molecule has 108 valence electrons. The van der Waals surface area contributed by atoms with Crippen molar-refractivity contribution >= 4 is 18.3 Å². The Morgan fingerprint density at radius 1 is 0.789 bits per heavy atom. The van der Waals surface area contributed by atoms with E-state index in [1.807, 2.05) is 0 Å². The molecule has 0 radical (unpaired) electrons. The first-order chi connectivity index (χ1) is 9.09. The van der Waals surface area contributed by atoms with Crippen molar-refractivity contribution in [3.63, 3.8) is 0 Å². The lowest BCUT2D eigenvalue weighted by molar-refractivity contribution is 1.00. The third kappa shape index (κ3) is 4.21. The first-order valence-electron chi connectivity index (χ1n) is 7.73. The Morgan fingerprint density at radius 3 is 1.53 bits per heavy atom. The van der Waals surface area contributed by atoms with Crippen LogP contribution in [0.25, 0.3) is 0 Å². The van der Waals surface area contributed by atoms with Gasteiger partial charge in [0.15, 0.2) is 0 Å². The minimum Gasteiger partial charge on any atom is -0.378 e. The molecular weight excluding hydrogens is 249 g/mol. The maximum atomic E-state index is 2.41. The number of hydrogen-bond donors (Lipinski definition) is 0. The molecule has 0 aromatic heterocycles. The van der Waals surface area contributed by atoms with Crippen LogP contribution >= 0.6 is 7.26 Å². The van der Waals surface area contributed by atoms with E-state index in [-0.39, 0.29) is 0 Å². The van der Waals surface area contributed by atoms with E-state index in [2.05, 4.69) is 64.0 Å². The summed E-state index contributed by atoms with van der Waals surface area (Å²) in [7, 11) is 3.31. The number of anilines is 1. The van der Waals surface area contributed by atoms with Gasteiger partial charge in [-0.3, -0.25) is 0 Å². The molecule has 0 fully saturated rings. The second-order valence-electron chi connectivity index (χ2n) is 5.73. The van der Waals surface area contributed by atoms with Crippen molar-refractivity contribution in [2.45, 2.75) is 40.0 Å². The van der Waals surface area contributed by atoms with E-state index >= 15 is 0 Å². The summed E-state index contributed by atoms with van der Waals surface area (Å²) in [5.41, 5.74) is 1.31. The van der Waals surface area contributed by atoms with Gasteiger partial charge in [-0.15, -0.1) is 0 Å². The van der Waals surface area contributed by atoms with Crippen molar-refractivity contribution in [3.05, 3.63) is 24.3 Å². The molecule has 0 N–H and O–H groups in total. The number of hydrogen-bond acceptors (Lipinski definition) is 1. The zero-order chi connectivity index (χ0) is 14.3. The van der Waals surface area contributed by atoms with Crippen molar-refractivity contribution in [1.82, 2.24) is 0 Å². The average molecular weight is 280 g/mol. The van der Waals surface area contributed by atoms with E-state index in [1.54, 1.807) is 5.30 Å². The van der Waals surface area contributed by atoms with Crippen LogP contribution in [-0.4, -0.2) is 32.6 Å². The quantitative estimate of drug-likeness (QED) is 0.628. The fourth-order valence-electron chi connectivity index (χ4n) is 3.07. The molecule has 0 amide bonds. The van der Waals surface area contributed by atoms with Gasteiger partial charge in [0.2, 0.25) is 0 Å². The summed E-state index contributed by atoms with van der Waals surface area (Å²) in [5, 5.41) is 1.66. The topological polar surface area (TPSA) is 3.24 Å². The summed E-state index contributed by atoms with van der Waals surface area (Å²) in [6.07, 6.45) is 8.25. The number of benzene rings is 1. The van der Waals surface area contributed by atoms with Crippen LogP contribution in [0.4, 0.5) is 5.69 Å². The zero-order valence-electron chi connectivity index (χ0n) is 13.4. The van der Waals surface area contributed by atoms with Crippen molar-refractivity contribution in [2.75, 3.05) is 37.5 Å². The first-order valence-corrected chi connectivity index (χ1v) is 10.1. The van der Waals surface area contributed by atoms with Gasteiger partial charge < -0.3 is 4.90 Å².